The number of carbonyl (C=O) groups excluding carboxylic acids is 2. The van der Waals surface area contributed by atoms with Gasteiger partial charge in [-0.3, -0.25) is 9.48 Å². The van der Waals surface area contributed by atoms with Gasteiger partial charge in [-0.05, 0) is 37.3 Å². The molecule has 1 saturated heterocycles. The zero-order chi connectivity index (χ0) is 20.4. The van der Waals surface area contributed by atoms with Crippen molar-refractivity contribution in [3.8, 4) is 0 Å². The molecule has 0 atom stereocenters. The predicted octanol–water partition coefficient (Wildman–Crippen LogP) is 3.87. The molecule has 3 heterocycles. The average molecular weight is 412 g/mol. The van der Waals surface area contributed by atoms with E-state index in [1.807, 2.05) is 35.9 Å². The lowest BCUT2D eigenvalue weighted by molar-refractivity contribution is -0.135. The number of rotatable bonds is 5. The minimum atomic E-state index is -0.449. The number of aryl methyl sites for hydroxylation is 1. The lowest BCUT2D eigenvalue weighted by Crippen LogP contribution is -2.40. The van der Waals surface area contributed by atoms with Crippen LogP contribution in [-0.4, -0.2) is 46.3 Å². The van der Waals surface area contributed by atoms with Crippen LogP contribution >= 0.6 is 11.3 Å². The minimum absolute atomic E-state index is 0.113. The fourth-order valence-electron chi connectivity index (χ4n) is 3.62. The van der Waals surface area contributed by atoms with Gasteiger partial charge in [-0.15, -0.1) is 11.3 Å². The van der Waals surface area contributed by atoms with E-state index in [2.05, 4.69) is 24.2 Å². The van der Waals surface area contributed by atoms with E-state index in [1.165, 1.54) is 11.3 Å². The van der Waals surface area contributed by atoms with Gasteiger partial charge in [0.05, 0.1) is 12.2 Å². The Balaban J connectivity index is 1.43. The van der Waals surface area contributed by atoms with Gasteiger partial charge < -0.3 is 9.64 Å². The summed E-state index contributed by atoms with van der Waals surface area (Å²) in [6.07, 6.45) is 2.01. The van der Waals surface area contributed by atoms with Gasteiger partial charge in [0.25, 0.3) is 5.91 Å². The molecular weight excluding hydrogens is 386 g/mol. The number of hydrogen-bond donors (Lipinski definition) is 0. The van der Waals surface area contributed by atoms with Crippen molar-refractivity contribution in [2.45, 2.75) is 33.2 Å². The summed E-state index contributed by atoms with van der Waals surface area (Å²) < 4.78 is 7.24. The van der Waals surface area contributed by atoms with Crippen LogP contribution < -0.4 is 0 Å². The number of piperidine rings is 1. The molecule has 1 aliphatic rings. The molecule has 29 heavy (non-hydrogen) atoms. The Morgan fingerprint density at radius 3 is 2.66 bits per heavy atom. The second kappa shape index (κ2) is 8.37. The summed E-state index contributed by atoms with van der Waals surface area (Å²) in [6, 6.07) is 11.9. The second-order valence-electron chi connectivity index (χ2n) is 7.70. The molecule has 6 nitrogen and oxygen atoms in total. The van der Waals surface area contributed by atoms with Gasteiger partial charge in [0.2, 0.25) is 0 Å². The molecule has 152 valence electrons. The van der Waals surface area contributed by atoms with E-state index in [4.69, 9.17) is 4.74 Å². The van der Waals surface area contributed by atoms with Gasteiger partial charge in [0, 0.05) is 18.5 Å². The molecule has 0 N–H and O–H groups in total. The van der Waals surface area contributed by atoms with E-state index in [1.54, 1.807) is 4.90 Å². The Bertz CT molecular complexity index is 1020. The highest BCUT2D eigenvalue weighted by molar-refractivity contribution is 7.20. The monoisotopic (exact) mass is 411 g/mol. The van der Waals surface area contributed by atoms with Gasteiger partial charge in [-0.2, -0.15) is 5.10 Å². The number of amides is 1. The van der Waals surface area contributed by atoms with Gasteiger partial charge in [-0.25, -0.2) is 4.79 Å². The van der Waals surface area contributed by atoms with E-state index >= 15 is 0 Å². The van der Waals surface area contributed by atoms with E-state index < -0.39 is 5.97 Å². The molecule has 0 spiro atoms. The molecule has 0 aliphatic carbocycles. The highest BCUT2D eigenvalue weighted by atomic mass is 32.1. The van der Waals surface area contributed by atoms with Crippen molar-refractivity contribution in [1.29, 1.82) is 0 Å². The van der Waals surface area contributed by atoms with Crippen molar-refractivity contribution < 1.29 is 14.3 Å². The third-order valence-electron chi connectivity index (χ3n) is 5.45. The maximum Gasteiger partial charge on any atom is 0.348 e. The lowest BCUT2D eigenvalue weighted by atomic mass is 9.99. The maximum atomic E-state index is 12.5. The van der Waals surface area contributed by atoms with Crippen LogP contribution in [0.2, 0.25) is 0 Å². The van der Waals surface area contributed by atoms with Crippen LogP contribution in [0.15, 0.2) is 36.4 Å². The third kappa shape index (κ3) is 4.34. The van der Waals surface area contributed by atoms with Crippen molar-refractivity contribution in [3.05, 3.63) is 52.5 Å². The van der Waals surface area contributed by atoms with Crippen molar-refractivity contribution >= 4 is 33.4 Å². The summed E-state index contributed by atoms with van der Waals surface area (Å²) in [4.78, 5) is 28.1. The topological polar surface area (TPSA) is 64.4 Å². The van der Waals surface area contributed by atoms with E-state index in [-0.39, 0.29) is 12.5 Å². The summed E-state index contributed by atoms with van der Waals surface area (Å²) in [5, 5.41) is 5.55. The van der Waals surface area contributed by atoms with Crippen molar-refractivity contribution in [2.75, 3.05) is 19.7 Å². The molecule has 3 aromatic rings. The summed E-state index contributed by atoms with van der Waals surface area (Å²) in [5.41, 5.74) is 2.03. The number of carbonyl (C=O) groups is 2. The molecule has 1 fully saturated rings. The zero-order valence-electron chi connectivity index (χ0n) is 16.8. The largest absolute Gasteiger partial charge is 0.451 e. The Kier molecular flexibility index (Phi) is 5.67. The number of hydrogen-bond acceptors (Lipinski definition) is 5. The van der Waals surface area contributed by atoms with Gasteiger partial charge in [0.1, 0.15) is 9.71 Å². The molecule has 1 aliphatic heterocycles. The predicted molar refractivity (Wildman–Crippen MR) is 113 cm³/mol. The molecule has 1 amide bonds. The molecule has 0 bridgehead atoms. The van der Waals surface area contributed by atoms with Crippen LogP contribution in [0.4, 0.5) is 0 Å². The molecule has 7 heteroatoms. The average Bonchev–Trinajstić information content (AvgIpc) is 3.29. The van der Waals surface area contributed by atoms with Crippen LogP contribution in [-0.2, 0) is 16.1 Å². The Labute approximate surface area is 174 Å². The Morgan fingerprint density at radius 2 is 1.93 bits per heavy atom. The molecule has 0 radical (unpaired) electrons. The first-order chi connectivity index (χ1) is 14.0. The summed E-state index contributed by atoms with van der Waals surface area (Å²) in [6.45, 7) is 6.07. The molecule has 0 unspecified atom stereocenters. The zero-order valence-corrected chi connectivity index (χ0v) is 17.6. The Morgan fingerprint density at radius 1 is 1.21 bits per heavy atom. The molecule has 4 rings (SSSR count). The number of likely N-dealkylation sites (tertiary alicyclic amines) is 1. The summed E-state index contributed by atoms with van der Waals surface area (Å²) in [5.74, 6) is 0.0900. The van der Waals surface area contributed by atoms with E-state index in [9.17, 15) is 9.59 Å². The standard InChI is InChI=1S/C22H25N3O3S/c1-15-8-10-24(11-9-15)20(26)14-28-22(27)19-12-18-16(2)23-25(21(18)29-19)13-17-6-4-3-5-7-17/h3-7,12,15H,8-11,13-14H2,1-2H3. The van der Waals surface area contributed by atoms with Crippen LogP contribution in [0.1, 0.15) is 40.7 Å². The first kappa shape index (κ1) is 19.6. The molecule has 1 aromatic carbocycles. The first-order valence-corrected chi connectivity index (χ1v) is 10.8. The minimum Gasteiger partial charge on any atom is -0.451 e. The quantitative estimate of drug-likeness (QED) is 0.598. The van der Waals surface area contributed by atoms with Crippen LogP contribution in [0.5, 0.6) is 0 Å². The van der Waals surface area contributed by atoms with Crippen LogP contribution in [0, 0.1) is 12.8 Å². The van der Waals surface area contributed by atoms with E-state index in [0.717, 1.165) is 47.4 Å². The first-order valence-electron chi connectivity index (χ1n) is 9.97. The van der Waals surface area contributed by atoms with Gasteiger partial charge in [0.15, 0.2) is 6.61 Å². The number of nitrogens with zero attached hydrogens (tertiary/aromatic N) is 3. The lowest BCUT2D eigenvalue weighted by Gasteiger charge is -2.30. The number of esters is 1. The van der Waals surface area contributed by atoms with Crippen molar-refractivity contribution in [1.82, 2.24) is 14.7 Å². The number of benzene rings is 1. The second-order valence-corrected chi connectivity index (χ2v) is 8.73. The Hall–Kier alpha value is -2.67. The van der Waals surface area contributed by atoms with E-state index in [0.29, 0.717) is 17.3 Å². The maximum absolute atomic E-state index is 12.5. The summed E-state index contributed by atoms with van der Waals surface area (Å²) in [7, 11) is 0. The molecule has 0 saturated carbocycles. The number of aromatic nitrogens is 2. The van der Waals surface area contributed by atoms with Gasteiger partial charge >= 0.3 is 5.97 Å². The number of fused-ring (bicyclic) bond motifs is 1. The van der Waals surface area contributed by atoms with Crippen LogP contribution in [0.25, 0.3) is 10.2 Å². The highest BCUT2D eigenvalue weighted by Crippen LogP contribution is 2.29. The van der Waals surface area contributed by atoms with Gasteiger partial charge in [-0.1, -0.05) is 37.3 Å². The third-order valence-corrected chi connectivity index (χ3v) is 6.58. The number of ether oxygens (including phenoxy) is 1. The normalized spacial score (nSPS) is 15.0. The smallest absolute Gasteiger partial charge is 0.348 e. The SMILES string of the molecule is Cc1nn(Cc2ccccc2)c2sc(C(=O)OCC(=O)N3CCC(C)CC3)cc12. The van der Waals surface area contributed by atoms with Crippen molar-refractivity contribution in [2.24, 2.45) is 5.92 Å². The molecule has 2 aromatic heterocycles. The van der Waals surface area contributed by atoms with Crippen molar-refractivity contribution in [3.63, 3.8) is 0 Å². The summed E-state index contributed by atoms with van der Waals surface area (Å²) >= 11 is 1.36. The molecular formula is C22H25N3O3S. The fourth-order valence-corrected chi connectivity index (χ4v) is 4.68. The number of thiophene rings is 1. The highest BCUT2D eigenvalue weighted by Gasteiger charge is 2.23. The fraction of sp³-hybridized carbons (Fsp3) is 0.409. The van der Waals surface area contributed by atoms with Crippen LogP contribution in [0.3, 0.4) is 0 Å².